The van der Waals surface area contributed by atoms with Crippen LogP contribution in [0.3, 0.4) is 0 Å². The highest BCUT2D eigenvalue weighted by atomic mass is 32.1. The summed E-state index contributed by atoms with van der Waals surface area (Å²) in [7, 11) is 0. The van der Waals surface area contributed by atoms with Gasteiger partial charge in [-0.15, -0.1) is 11.3 Å². The second-order valence-electron chi connectivity index (χ2n) is 5.10. The third kappa shape index (κ3) is 2.63. The number of piperazine rings is 1. The predicted octanol–water partition coefficient (Wildman–Crippen LogP) is 1.33. The molecule has 1 aliphatic rings. The molecule has 108 valence electrons. The zero-order valence-corrected chi connectivity index (χ0v) is 12.7. The van der Waals surface area contributed by atoms with Crippen LogP contribution in [-0.4, -0.2) is 54.1 Å². The maximum atomic E-state index is 5.62. The summed E-state index contributed by atoms with van der Waals surface area (Å²) < 4.78 is 0. The van der Waals surface area contributed by atoms with Crippen molar-refractivity contribution in [3.8, 4) is 0 Å². The van der Waals surface area contributed by atoms with E-state index in [0.29, 0.717) is 0 Å². The SMILES string of the molecule is CCc1cc2c(N3CCN(CCN)CC3)ncnc2s1. The molecule has 20 heavy (non-hydrogen) atoms. The molecule has 2 N–H and O–H groups in total. The zero-order chi connectivity index (χ0) is 13.9. The average molecular weight is 291 g/mol. The van der Waals surface area contributed by atoms with Crippen LogP contribution in [0.25, 0.3) is 10.2 Å². The quantitative estimate of drug-likeness (QED) is 0.921. The summed E-state index contributed by atoms with van der Waals surface area (Å²) in [5, 5.41) is 1.21. The molecule has 2 aromatic heterocycles. The number of nitrogens with zero attached hydrogens (tertiary/aromatic N) is 4. The molecule has 1 fully saturated rings. The molecule has 0 atom stereocenters. The lowest BCUT2D eigenvalue weighted by Crippen LogP contribution is -2.48. The number of hydrogen-bond acceptors (Lipinski definition) is 6. The van der Waals surface area contributed by atoms with Crippen molar-refractivity contribution < 1.29 is 0 Å². The molecule has 0 radical (unpaired) electrons. The van der Waals surface area contributed by atoms with Crippen LogP contribution in [0.4, 0.5) is 5.82 Å². The molecule has 2 aromatic rings. The number of aryl methyl sites for hydroxylation is 1. The summed E-state index contributed by atoms with van der Waals surface area (Å²) in [6.07, 6.45) is 2.75. The molecular formula is C14H21N5S. The fraction of sp³-hybridized carbons (Fsp3) is 0.571. The van der Waals surface area contributed by atoms with Gasteiger partial charge in [-0.25, -0.2) is 9.97 Å². The van der Waals surface area contributed by atoms with E-state index in [2.05, 4.69) is 32.8 Å². The van der Waals surface area contributed by atoms with Gasteiger partial charge in [0.2, 0.25) is 0 Å². The van der Waals surface area contributed by atoms with E-state index in [9.17, 15) is 0 Å². The second kappa shape index (κ2) is 6.03. The Kier molecular flexibility index (Phi) is 4.14. The van der Waals surface area contributed by atoms with Gasteiger partial charge in [0, 0.05) is 44.1 Å². The van der Waals surface area contributed by atoms with Crippen molar-refractivity contribution >= 4 is 27.4 Å². The molecule has 0 bridgehead atoms. The number of hydrogen-bond donors (Lipinski definition) is 1. The Labute approximate surface area is 123 Å². The first kappa shape index (κ1) is 13.7. The van der Waals surface area contributed by atoms with Crippen LogP contribution in [0.1, 0.15) is 11.8 Å². The Bertz CT molecular complexity index is 574. The minimum absolute atomic E-state index is 0.738. The Morgan fingerprint density at radius 2 is 2.05 bits per heavy atom. The first-order valence-corrected chi connectivity index (χ1v) is 8.04. The molecule has 0 saturated carbocycles. The molecule has 1 aliphatic heterocycles. The molecular weight excluding hydrogens is 270 g/mol. The highest BCUT2D eigenvalue weighted by molar-refractivity contribution is 7.18. The van der Waals surface area contributed by atoms with Crippen molar-refractivity contribution in [2.45, 2.75) is 13.3 Å². The zero-order valence-electron chi connectivity index (χ0n) is 11.9. The normalized spacial score (nSPS) is 17.0. The molecule has 0 aliphatic carbocycles. The third-order valence-corrected chi connectivity index (χ3v) is 5.01. The summed E-state index contributed by atoms with van der Waals surface area (Å²) in [5.74, 6) is 1.10. The Morgan fingerprint density at radius 3 is 2.75 bits per heavy atom. The number of thiophene rings is 1. The van der Waals surface area contributed by atoms with E-state index in [1.165, 1.54) is 10.3 Å². The Morgan fingerprint density at radius 1 is 1.25 bits per heavy atom. The van der Waals surface area contributed by atoms with E-state index in [-0.39, 0.29) is 0 Å². The summed E-state index contributed by atoms with van der Waals surface area (Å²) in [6, 6.07) is 2.25. The summed E-state index contributed by atoms with van der Waals surface area (Å²) in [4.78, 5) is 16.2. The van der Waals surface area contributed by atoms with Crippen molar-refractivity contribution in [1.82, 2.24) is 14.9 Å². The van der Waals surface area contributed by atoms with Crippen LogP contribution < -0.4 is 10.6 Å². The first-order valence-electron chi connectivity index (χ1n) is 7.22. The van der Waals surface area contributed by atoms with E-state index in [1.54, 1.807) is 17.7 Å². The monoisotopic (exact) mass is 291 g/mol. The first-order chi connectivity index (χ1) is 9.81. The molecule has 0 aromatic carbocycles. The largest absolute Gasteiger partial charge is 0.353 e. The van der Waals surface area contributed by atoms with Gasteiger partial charge in [-0.2, -0.15) is 0 Å². The van der Waals surface area contributed by atoms with E-state index >= 15 is 0 Å². The van der Waals surface area contributed by atoms with Crippen molar-refractivity contribution in [2.75, 3.05) is 44.2 Å². The molecule has 0 unspecified atom stereocenters. The average Bonchev–Trinajstić information content (AvgIpc) is 2.91. The summed E-state index contributed by atoms with van der Waals surface area (Å²) in [6.45, 7) is 8.07. The highest BCUT2D eigenvalue weighted by Gasteiger charge is 2.20. The standard InChI is InChI=1S/C14H21N5S/c1-2-11-9-12-13(16-10-17-14(12)20-11)19-7-5-18(4-3-15)6-8-19/h9-10H,2-8,15H2,1H3. The molecule has 3 heterocycles. The third-order valence-electron chi connectivity index (χ3n) is 3.83. The van der Waals surface area contributed by atoms with Crippen LogP contribution >= 0.6 is 11.3 Å². The number of nitrogens with two attached hydrogens (primary N) is 1. The van der Waals surface area contributed by atoms with Crippen LogP contribution in [0.2, 0.25) is 0 Å². The van der Waals surface area contributed by atoms with E-state index in [1.807, 2.05) is 0 Å². The van der Waals surface area contributed by atoms with Crippen molar-refractivity contribution in [2.24, 2.45) is 5.73 Å². The predicted molar refractivity (Wildman–Crippen MR) is 84.5 cm³/mol. The van der Waals surface area contributed by atoms with Gasteiger partial charge >= 0.3 is 0 Å². The van der Waals surface area contributed by atoms with Gasteiger partial charge < -0.3 is 10.6 Å². The lowest BCUT2D eigenvalue weighted by atomic mass is 10.2. The minimum Gasteiger partial charge on any atom is -0.353 e. The Balaban J connectivity index is 1.82. The van der Waals surface area contributed by atoms with Gasteiger partial charge in [0.1, 0.15) is 17.0 Å². The van der Waals surface area contributed by atoms with Crippen LogP contribution in [0.15, 0.2) is 12.4 Å². The van der Waals surface area contributed by atoms with E-state index in [0.717, 1.165) is 56.3 Å². The van der Waals surface area contributed by atoms with Crippen LogP contribution in [0, 0.1) is 0 Å². The van der Waals surface area contributed by atoms with Gasteiger partial charge in [-0.3, -0.25) is 4.90 Å². The number of anilines is 1. The van der Waals surface area contributed by atoms with Gasteiger partial charge in [-0.05, 0) is 12.5 Å². The van der Waals surface area contributed by atoms with Gasteiger partial charge in [0.15, 0.2) is 0 Å². The summed E-state index contributed by atoms with van der Waals surface area (Å²) >= 11 is 1.78. The van der Waals surface area contributed by atoms with Crippen molar-refractivity contribution in [1.29, 1.82) is 0 Å². The molecule has 0 spiro atoms. The number of rotatable bonds is 4. The van der Waals surface area contributed by atoms with E-state index in [4.69, 9.17) is 5.73 Å². The molecule has 3 rings (SSSR count). The topological polar surface area (TPSA) is 58.3 Å². The maximum Gasteiger partial charge on any atom is 0.140 e. The summed E-state index contributed by atoms with van der Waals surface area (Å²) in [5.41, 5.74) is 5.62. The number of aromatic nitrogens is 2. The van der Waals surface area contributed by atoms with Gasteiger partial charge in [0.05, 0.1) is 5.39 Å². The van der Waals surface area contributed by atoms with Crippen molar-refractivity contribution in [3.05, 3.63) is 17.3 Å². The lowest BCUT2D eigenvalue weighted by molar-refractivity contribution is 0.264. The lowest BCUT2D eigenvalue weighted by Gasteiger charge is -2.35. The van der Waals surface area contributed by atoms with Crippen molar-refractivity contribution in [3.63, 3.8) is 0 Å². The number of fused-ring (bicyclic) bond motifs is 1. The smallest absolute Gasteiger partial charge is 0.140 e. The molecule has 5 nitrogen and oxygen atoms in total. The molecule has 6 heteroatoms. The Hall–Kier alpha value is -1.24. The van der Waals surface area contributed by atoms with Crippen LogP contribution in [0.5, 0.6) is 0 Å². The maximum absolute atomic E-state index is 5.62. The second-order valence-corrected chi connectivity index (χ2v) is 6.21. The van der Waals surface area contributed by atoms with E-state index < -0.39 is 0 Å². The highest BCUT2D eigenvalue weighted by Crippen LogP contribution is 2.30. The molecule has 0 amide bonds. The fourth-order valence-electron chi connectivity index (χ4n) is 2.69. The van der Waals surface area contributed by atoms with Gasteiger partial charge in [0.25, 0.3) is 0 Å². The molecule has 1 saturated heterocycles. The van der Waals surface area contributed by atoms with Gasteiger partial charge in [-0.1, -0.05) is 6.92 Å². The van der Waals surface area contributed by atoms with Crippen LogP contribution in [-0.2, 0) is 6.42 Å². The minimum atomic E-state index is 0.738. The fourth-order valence-corrected chi connectivity index (χ4v) is 3.61.